The molecule has 0 heterocycles. The Morgan fingerprint density at radius 3 is 2.62 bits per heavy atom. The van der Waals surface area contributed by atoms with E-state index in [-0.39, 0.29) is 35.3 Å². The van der Waals surface area contributed by atoms with Crippen LogP contribution in [-0.4, -0.2) is 36.5 Å². The Morgan fingerprint density at radius 2 is 2.00 bits per heavy atom. The monoisotopic (exact) mass is 246 g/mol. The number of carbonyl (C=O) groups excluding carboxylic acids is 1. The van der Waals surface area contributed by atoms with Crippen molar-refractivity contribution in [3.05, 3.63) is 22.7 Å². The summed E-state index contributed by atoms with van der Waals surface area (Å²) in [6, 6.07) is 2.12. The lowest BCUT2D eigenvalue weighted by molar-refractivity contribution is 0.0385. The maximum Gasteiger partial charge on any atom is 0.342 e. The molecule has 0 radical (unpaired) electrons. The number of aromatic hydroxyl groups is 2. The van der Waals surface area contributed by atoms with Gasteiger partial charge in [0, 0.05) is 13.2 Å². The molecule has 0 saturated carbocycles. The summed E-state index contributed by atoms with van der Waals surface area (Å²) in [5.74, 6) is -1.41. The zero-order chi connectivity index (χ0) is 12.1. The molecule has 0 fully saturated rings. The molecule has 2 N–H and O–H groups in total. The summed E-state index contributed by atoms with van der Waals surface area (Å²) < 4.78 is 9.48. The smallest absolute Gasteiger partial charge is 0.342 e. The lowest BCUT2D eigenvalue weighted by Crippen LogP contribution is -2.10. The van der Waals surface area contributed by atoms with Gasteiger partial charge in [0.05, 0.1) is 11.6 Å². The Kier molecular flexibility index (Phi) is 4.39. The highest BCUT2D eigenvalue weighted by atomic mass is 35.5. The predicted molar refractivity (Wildman–Crippen MR) is 56.9 cm³/mol. The fraction of sp³-hybridized carbons (Fsp3) is 0.300. The first-order chi connectivity index (χ1) is 7.56. The first-order valence-electron chi connectivity index (χ1n) is 4.43. The molecule has 0 bridgehead atoms. The van der Waals surface area contributed by atoms with Crippen molar-refractivity contribution in [2.75, 3.05) is 20.3 Å². The van der Waals surface area contributed by atoms with Crippen molar-refractivity contribution in [1.82, 2.24) is 0 Å². The zero-order valence-electron chi connectivity index (χ0n) is 8.57. The Labute approximate surface area is 97.2 Å². The second-order valence-corrected chi connectivity index (χ2v) is 3.36. The Bertz CT molecular complexity index is 391. The molecule has 0 amide bonds. The van der Waals surface area contributed by atoms with Crippen molar-refractivity contribution >= 4 is 17.6 Å². The highest BCUT2D eigenvalue weighted by molar-refractivity contribution is 6.32. The second-order valence-electron chi connectivity index (χ2n) is 2.95. The number of ether oxygens (including phenoxy) is 2. The Balaban J connectivity index is 2.79. The van der Waals surface area contributed by atoms with Crippen LogP contribution in [0.1, 0.15) is 10.4 Å². The molecule has 1 rings (SSSR count). The van der Waals surface area contributed by atoms with Gasteiger partial charge in [-0.3, -0.25) is 0 Å². The first-order valence-corrected chi connectivity index (χ1v) is 4.81. The standard InChI is InChI=1S/C10H11ClO5/c1-15-2-3-16-10(14)6-4-7(11)9(13)5-8(6)12/h4-5,12-13H,2-3H2,1H3. The van der Waals surface area contributed by atoms with Gasteiger partial charge in [0.1, 0.15) is 23.7 Å². The lowest BCUT2D eigenvalue weighted by Gasteiger charge is -2.07. The van der Waals surface area contributed by atoms with Crippen molar-refractivity contribution in [2.45, 2.75) is 0 Å². The third-order valence-corrected chi connectivity index (χ3v) is 2.11. The van der Waals surface area contributed by atoms with Crippen LogP contribution in [-0.2, 0) is 9.47 Å². The quantitative estimate of drug-likeness (QED) is 0.623. The van der Waals surface area contributed by atoms with E-state index in [0.29, 0.717) is 0 Å². The first kappa shape index (κ1) is 12.6. The van der Waals surface area contributed by atoms with Crippen molar-refractivity contribution in [3.8, 4) is 11.5 Å². The van der Waals surface area contributed by atoms with Crippen LogP contribution in [0.25, 0.3) is 0 Å². The molecular formula is C10H11ClO5. The highest BCUT2D eigenvalue weighted by Crippen LogP contribution is 2.31. The van der Waals surface area contributed by atoms with Gasteiger partial charge >= 0.3 is 5.97 Å². The number of halogens is 1. The maximum absolute atomic E-state index is 11.4. The van der Waals surface area contributed by atoms with E-state index in [9.17, 15) is 9.90 Å². The van der Waals surface area contributed by atoms with E-state index in [0.717, 1.165) is 12.1 Å². The Hall–Kier alpha value is -1.46. The molecule has 0 atom stereocenters. The Morgan fingerprint density at radius 1 is 1.31 bits per heavy atom. The van der Waals surface area contributed by atoms with E-state index >= 15 is 0 Å². The summed E-state index contributed by atoms with van der Waals surface area (Å²) >= 11 is 5.60. The molecule has 0 aromatic heterocycles. The third kappa shape index (κ3) is 3.01. The molecule has 0 aliphatic carbocycles. The van der Waals surface area contributed by atoms with Gasteiger partial charge in [-0.05, 0) is 6.07 Å². The largest absolute Gasteiger partial charge is 0.507 e. The van der Waals surface area contributed by atoms with Crippen LogP contribution in [0.15, 0.2) is 12.1 Å². The van der Waals surface area contributed by atoms with E-state index in [1.807, 2.05) is 0 Å². The average molecular weight is 247 g/mol. The van der Waals surface area contributed by atoms with Crippen LogP contribution in [0, 0.1) is 0 Å². The molecule has 0 saturated heterocycles. The third-order valence-electron chi connectivity index (χ3n) is 1.81. The SMILES string of the molecule is COCCOC(=O)c1cc(Cl)c(O)cc1O. The molecule has 1 aromatic carbocycles. The van der Waals surface area contributed by atoms with Crippen LogP contribution in [0.5, 0.6) is 11.5 Å². The number of benzene rings is 1. The van der Waals surface area contributed by atoms with Crippen LogP contribution in [0.3, 0.4) is 0 Å². The number of carbonyl (C=O) groups is 1. The molecule has 0 aliphatic heterocycles. The van der Waals surface area contributed by atoms with Gasteiger partial charge in [0.25, 0.3) is 0 Å². The van der Waals surface area contributed by atoms with Crippen molar-refractivity contribution in [3.63, 3.8) is 0 Å². The van der Waals surface area contributed by atoms with Crippen LogP contribution >= 0.6 is 11.6 Å². The number of phenols is 2. The number of phenolic OH excluding ortho intramolecular Hbond substituents is 2. The van der Waals surface area contributed by atoms with Gasteiger partial charge in [0.15, 0.2) is 0 Å². The summed E-state index contributed by atoms with van der Waals surface area (Å²) in [6.07, 6.45) is 0. The van der Waals surface area contributed by atoms with Gasteiger partial charge in [-0.15, -0.1) is 0 Å². The maximum atomic E-state index is 11.4. The number of hydrogen-bond acceptors (Lipinski definition) is 5. The number of rotatable bonds is 4. The van der Waals surface area contributed by atoms with E-state index in [4.69, 9.17) is 26.2 Å². The highest BCUT2D eigenvalue weighted by Gasteiger charge is 2.15. The predicted octanol–water partition coefficient (Wildman–Crippen LogP) is 1.55. The lowest BCUT2D eigenvalue weighted by atomic mass is 10.2. The molecule has 1 aromatic rings. The number of hydrogen-bond donors (Lipinski definition) is 2. The van der Waals surface area contributed by atoms with E-state index in [1.165, 1.54) is 7.11 Å². The fourth-order valence-corrected chi connectivity index (χ4v) is 1.17. The topological polar surface area (TPSA) is 76.0 Å². The van der Waals surface area contributed by atoms with Crippen LogP contribution in [0.2, 0.25) is 5.02 Å². The van der Waals surface area contributed by atoms with Crippen LogP contribution < -0.4 is 0 Å². The van der Waals surface area contributed by atoms with Gasteiger partial charge in [-0.2, -0.15) is 0 Å². The van der Waals surface area contributed by atoms with Gasteiger partial charge < -0.3 is 19.7 Å². The molecule has 0 aliphatic rings. The number of esters is 1. The molecule has 88 valence electrons. The second kappa shape index (κ2) is 5.58. The minimum absolute atomic E-state index is 0.0310. The van der Waals surface area contributed by atoms with Gasteiger partial charge in [-0.1, -0.05) is 11.6 Å². The summed E-state index contributed by atoms with van der Waals surface area (Å²) in [5.41, 5.74) is -0.0982. The minimum atomic E-state index is -0.726. The zero-order valence-corrected chi connectivity index (χ0v) is 9.32. The molecule has 16 heavy (non-hydrogen) atoms. The van der Waals surface area contributed by atoms with Crippen LogP contribution in [0.4, 0.5) is 0 Å². The molecule has 0 spiro atoms. The van der Waals surface area contributed by atoms with E-state index < -0.39 is 5.97 Å². The fourth-order valence-electron chi connectivity index (χ4n) is 1.01. The number of methoxy groups -OCH3 is 1. The average Bonchev–Trinajstić information content (AvgIpc) is 2.23. The molecule has 5 nitrogen and oxygen atoms in total. The van der Waals surface area contributed by atoms with Gasteiger partial charge in [-0.25, -0.2) is 4.79 Å². The minimum Gasteiger partial charge on any atom is -0.507 e. The summed E-state index contributed by atoms with van der Waals surface area (Å²) in [4.78, 5) is 11.4. The van der Waals surface area contributed by atoms with E-state index in [1.54, 1.807) is 0 Å². The molecular weight excluding hydrogens is 236 g/mol. The van der Waals surface area contributed by atoms with Crippen molar-refractivity contribution < 1.29 is 24.5 Å². The summed E-state index contributed by atoms with van der Waals surface area (Å²) in [6.45, 7) is 0.339. The molecule has 6 heteroatoms. The van der Waals surface area contributed by atoms with E-state index in [2.05, 4.69) is 0 Å². The normalized spacial score (nSPS) is 10.1. The molecule has 0 unspecified atom stereocenters. The summed E-state index contributed by atoms with van der Waals surface area (Å²) in [7, 11) is 1.47. The van der Waals surface area contributed by atoms with Gasteiger partial charge in [0.2, 0.25) is 0 Å². The van der Waals surface area contributed by atoms with Crippen molar-refractivity contribution in [1.29, 1.82) is 0 Å². The van der Waals surface area contributed by atoms with Crippen molar-refractivity contribution in [2.24, 2.45) is 0 Å². The summed E-state index contributed by atoms with van der Waals surface area (Å²) in [5, 5.41) is 18.5.